The molecule has 1 aromatic heterocycles. The van der Waals surface area contributed by atoms with Crippen LogP contribution in [-0.2, 0) is 6.42 Å². The standard InChI is InChI=1S/C14H12N2O2S/c1-9(17)10-2-3-13-11(6-10)4-5-16(13)14(18)12-7-19-8-15-12/h2-3,6-8H,4-5H2,1H3. The number of aromatic nitrogens is 1. The van der Waals surface area contributed by atoms with Crippen molar-refractivity contribution in [1.82, 2.24) is 4.98 Å². The first-order valence-corrected chi connectivity index (χ1v) is 6.95. The summed E-state index contributed by atoms with van der Waals surface area (Å²) in [6, 6.07) is 5.50. The van der Waals surface area contributed by atoms with E-state index in [1.165, 1.54) is 11.3 Å². The minimum absolute atomic E-state index is 0.0482. The molecule has 0 aliphatic carbocycles. The number of benzene rings is 1. The molecule has 5 heteroatoms. The smallest absolute Gasteiger partial charge is 0.277 e. The van der Waals surface area contributed by atoms with Gasteiger partial charge < -0.3 is 4.90 Å². The van der Waals surface area contributed by atoms with E-state index in [0.717, 1.165) is 17.7 Å². The highest BCUT2D eigenvalue weighted by molar-refractivity contribution is 7.07. The van der Waals surface area contributed by atoms with E-state index in [1.54, 1.807) is 28.8 Å². The SMILES string of the molecule is CC(=O)c1ccc2c(c1)CCN2C(=O)c1cscn1. The number of fused-ring (bicyclic) bond motifs is 1. The number of nitrogens with zero attached hydrogens (tertiary/aromatic N) is 2. The van der Waals surface area contributed by atoms with Crippen molar-refractivity contribution in [1.29, 1.82) is 0 Å². The van der Waals surface area contributed by atoms with E-state index in [2.05, 4.69) is 4.98 Å². The fourth-order valence-electron chi connectivity index (χ4n) is 2.29. The molecule has 96 valence electrons. The van der Waals surface area contributed by atoms with Gasteiger partial charge in [-0.2, -0.15) is 0 Å². The second-order valence-electron chi connectivity index (χ2n) is 4.48. The lowest BCUT2D eigenvalue weighted by Crippen LogP contribution is -2.29. The van der Waals surface area contributed by atoms with Crippen LogP contribution in [0.25, 0.3) is 0 Å². The maximum absolute atomic E-state index is 12.3. The molecule has 2 heterocycles. The number of carbonyl (C=O) groups excluding carboxylic acids is 2. The van der Waals surface area contributed by atoms with Gasteiger partial charge in [-0.25, -0.2) is 4.98 Å². The maximum atomic E-state index is 12.3. The molecule has 4 nitrogen and oxygen atoms in total. The molecule has 0 unspecified atom stereocenters. The van der Waals surface area contributed by atoms with Crippen LogP contribution < -0.4 is 4.90 Å². The summed E-state index contributed by atoms with van der Waals surface area (Å²) in [6.45, 7) is 2.20. The van der Waals surface area contributed by atoms with Crippen molar-refractivity contribution in [3.8, 4) is 0 Å². The Morgan fingerprint density at radius 1 is 1.37 bits per heavy atom. The molecule has 0 radical (unpaired) electrons. The zero-order valence-corrected chi connectivity index (χ0v) is 11.2. The van der Waals surface area contributed by atoms with Crippen LogP contribution in [0.3, 0.4) is 0 Å². The number of ketones is 1. The first-order chi connectivity index (χ1) is 9.16. The highest BCUT2D eigenvalue weighted by Crippen LogP contribution is 2.30. The van der Waals surface area contributed by atoms with E-state index < -0.39 is 0 Å². The Morgan fingerprint density at radius 3 is 2.89 bits per heavy atom. The van der Waals surface area contributed by atoms with E-state index in [0.29, 0.717) is 17.8 Å². The molecular formula is C14H12N2O2S. The molecule has 1 amide bonds. The van der Waals surface area contributed by atoms with Crippen LogP contribution in [0, 0.1) is 0 Å². The van der Waals surface area contributed by atoms with Crippen molar-refractivity contribution in [2.45, 2.75) is 13.3 Å². The van der Waals surface area contributed by atoms with E-state index in [9.17, 15) is 9.59 Å². The highest BCUT2D eigenvalue weighted by Gasteiger charge is 2.26. The number of anilines is 1. The molecule has 0 bridgehead atoms. The minimum Gasteiger partial charge on any atom is -0.306 e. The van der Waals surface area contributed by atoms with Gasteiger partial charge in [0.15, 0.2) is 5.78 Å². The summed E-state index contributed by atoms with van der Waals surface area (Å²) in [6.07, 6.45) is 0.784. The lowest BCUT2D eigenvalue weighted by Gasteiger charge is -2.16. The largest absolute Gasteiger partial charge is 0.306 e. The Kier molecular flexibility index (Phi) is 2.91. The van der Waals surface area contributed by atoms with Crippen molar-refractivity contribution < 1.29 is 9.59 Å². The maximum Gasteiger partial charge on any atom is 0.277 e. The van der Waals surface area contributed by atoms with Crippen LogP contribution in [0.2, 0.25) is 0 Å². The molecule has 0 N–H and O–H groups in total. The third-order valence-electron chi connectivity index (χ3n) is 3.28. The zero-order valence-electron chi connectivity index (χ0n) is 10.4. The summed E-state index contributed by atoms with van der Waals surface area (Å²) >= 11 is 1.41. The van der Waals surface area contributed by atoms with Crippen molar-refractivity contribution in [2.24, 2.45) is 0 Å². The first kappa shape index (κ1) is 12.0. The number of rotatable bonds is 2. The molecular weight excluding hydrogens is 260 g/mol. The number of hydrogen-bond acceptors (Lipinski definition) is 4. The van der Waals surface area contributed by atoms with Crippen molar-refractivity contribution in [2.75, 3.05) is 11.4 Å². The number of thiazole rings is 1. The van der Waals surface area contributed by atoms with Gasteiger partial charge in [0, 0.05) is 23.2 Å². The van der Waals surface area contributed by atoms with Crippen molar-refractivity contribution in [3.63, 3.8) is 0 Å². The Morgan fingerprint density at radius 2 is 2.21 bits per heavy atom. The molecule has 0 spiro atoms. The average Bonchev–Trinajstić information content (AvgIpc) is 3.06. The molecule has 0 atom stereocenters. The van der Waals surface area contributed by atoms with Gasteiger partial charge in [0.2, 0.25) is 0 Å². The third kappa shape index (κ3) is 2.06. The monoisotopic (exact) mass is 272 g/mol. The molecule has 1 aromatic carbocycles. The van der Waals surface area contributed by atoms with Gasteiger partial charge >= 0.3 is 0 Å². The Balaban J connectivity index is 1.94. The number of carbonyl (C=O) groups is 2. The second kappa shape index (κ2) is 4.59. The van der Waals surface area contributed by atoms with Gasteiger partial charge in [-0.1, -0.05) is 0 Å². The van der Waals surface area contributed by atoms with Crippen LogP contribution in [0.5, 0.6) is 0 Å². The second-order valence-corrected chi connectivity index (χ2v) is 5.20. The fourth-order valence-corrected chi connectivity index (χ4v) is 2.81. The molecule has 19 heavy (non-hydrogen) atoms. The van der Waals surface area contributed by atoms with Gasteiger partial charge in [-0.05, 0) is 37.1 Å². The van der Waals surface area contributed by atoms with Crippen LogP contribution in [-0.4, -0.2) is 23.2 Å². The summed E-state index contributed by atoms with van der Waals surface area (Å²) in [5, 5.41) is 1.75. The molecule has 0 fully saturated rings. The van der Waals surface area contributed by atoms with Gasteiger partial charge in [0.1, 0.15) is 5.69 Å². The number of hydrogen-bond donors (Lipinski definition) is 0. The van der Waals surface area contributed by atoms with Crippen LogP contribution in [0.1, 0.15) is 33.3 Å². The first-order valence-electron chi connectivity index (χ1n) is 6.01. The lowest BCUT2D eigenvalue weighted by molar-refractivity contribution is 0.0983. The molecule has 2 aromatic rings. The van der Waals surface area contributed by atoms with Gasteiger partial charge in [0.25, 0.3) is 5.91 Å². The molecule has 0 saturated heterocycles. The van der Waals surface area contributed by atoms with E-state index in [-0.39, 0.29) is 11.7 Å². The number of Topliss-reactive ketones (excluding diaryl/α,β-unsaturated/α-hetero) is 1. The summed E-state index contributed by atoms with van der Waals surface area (Å²) in [4.78, 5) is 29.4. The number of amides is 1. The van der Waals surface area contributed by atoms with Gasteiger partial charge in [0.05, 0.1) is 5.51 Å². The Labute approximate surface area is 114 Å². The quantitative estimate of drug-likeness (QED) is 0.789. The van der Waals surface area contributed by atoms with E-state index in [4.69, 9.17) is 0 Å². The molecule has 1 aliphatic heterocycles. The summed E-state index contributed by atoms with van der Waals surface area (Å²) in [7, 11) is 0. The zero-order chi connectivity index (χ0) is 13.4. The van der Waals surface area contributed by atoms with Crippen LogP contribution in [0.15, 0.2) is 29.1 Å². The van der Waals surface area contributed by atoms with Crippen LogP contribution in [0.4, 0.5) is 5.69 Å². The van der Waals surface area contributed by atoms with Crippen LogP contribution >= 0.6 is 11.3 Å². The van der Waals surface area contributed by atoms with Crippen molar-refractivity contribution in [3.05, 3.63) is 45.9 Å². The van der Waals surface area contributed by atoms with Crippen molar-refractivity contribution >= 4 is 28.7 Å². The Bertz CT molecular complexity index is 649. The van der Waals surface area contributed by atoms with E-state index >= 15 is 0 Å². The topological polar surface area (TPSA) is 50.3 Å². The van der Waals surface area contributed by atoms with Gasteiger partial charge in [-0.3, -0.25) is 9.59 Å². The summed E-state index contributed by atoms with van der Waals surface area (Å²) in [5.74, 6) is -0.0253. The lowest BCUT2D eigenvalue weighted by atomic mass is 10.1. The predicted molar refractivity (Wildman–Crippen MR) is 73.9 cm³/mol. The Hall–Kier alpha value is -2.01. The molecule has 3 rings (SSSR count). The normalized spacial score (nSPS) is 13.4. The predicted octanol–water partition coefficient (Wildman–Crippen LogP) is 2.55. The minimum atomic E-state index is -0.0735. The molecule has 1 aliphatic rings. The highest BCUT2D eigenvalue weighted by atomic mass is 32.1. The average molecular weight is 272 g/mol. The fraction of sp³-hybridized carbons (Fsp3) is 0.214. The summed E-state index contributed by atoms with van der Waals surface area (Å²) in [5.41, 5.74) is 4.78. The summed E-state index contributed by atoms with van der Waals surface area (Å²) < 4.78 is 0. The third-order valence-corrected chi connectivity index (χ3v) is 3.86. The van der Waals surface area contributed by atoms with E-state index in [1.807, 2.05) is 12.1 Å². The van der Waals surface area contributed by atoms with Gasteiger partial charge in [-0.15, -0.1) is 11.3 Å². The molecule has 0 saturated carbocycles.